The molecule has 3 fully saturated rings. The fourth-order valence-electron chi connectivity index (χ4n) is 4.65. The van der Waals surface area contributed by atoms with E-state index in [1.807, 2.05) is 0 Å². The second-order valence-corrected chi connectivity index (χ2v) is 6.21. The van der Waals surface area contributed by atoms with E-state index in [4.69, 9.17) is 5.84 Å². The van der Waals surface area contributed by atoms with Gasteiger partial charge in [-0.3, -0.25) is 5.84 Å². The lowest BCUT2D eigenvalue weighted by atomic mass is 9.62. The Morgan fingerprint density at radius 2 is 1.50 bits per heavy atom. The molecule has 0 spiro atoms. The molecule has 0 aromatic rings. The summed E-state index contributed by atoms with van der Waals surface area (Å²) in [6.07, 6.45) is 8.22. The van der Waals surface area contributed by atoms with Gasteiger partial charge in [-0.15, -0.1) is 0 Å². The summed E-state index contributed by atoms with van der Waals surface area (Å²) < 4.78 is 0. The van der Waals surface area contributed by atoms with Crippen molar-refractivity contribution < 1.29 is 0 Å². The smallest absolute Gasteiger partial charge is 0.126 e. The summed E-state index contributed by atoms with van der Waals surface area (Å²) in [6.45, 7) is 0. The van der Waals surface area contributed by atoms with Crippen LogP contribution >= 0.6 is 0 Å². The minimum Gasteiger partial charge on any atom is -0.266 e. The summed E-state index contributed by atoms with van der Waals surface area (Å²) in [7, 11) is 0. The van der Waals surface area contributed by atoms with Crippen LogP contribution in [0, 0.1) is 34.5 Å². The third-order valence-corrected chi connectivity index (χ3v) is 5.64. The maximum Gasteiger partial charge on any atom is 0.126 e. The molecule has 0 amide bonds. The van der Waals surface area contributed by atoms with Crippen LogP contribution < -0.4 is 5.84 Å². The lowest BCUT2D eigenvalue weighted by Gasteiger charge is -2.56. The highest BCUT2D eigenvalue weighted by atomic mass is 15.5. The van der Waals surface area contributed by atoms with Gasteiger partial charge in [0.2, 0.25) is 0 Å². The van der Waals surface area contributed by atoms with Crippen molar-refractivity contribution in [3.63, 3.8) is 0 Å². The summed E-state index contributed by atoms with van der Waals surface area (Å²) in [5.74, 6) is 7.09. The van der Waals surface area contributed by atoms with Crippen LogP contribution in [0.4, 0.5) is 0 Å². The third kappa shape index (κ3) is 1.25. The summed E-state index contributed by atoms with van der Waals surface area (Å²) in [5, 5.41) is 21.0. The molecule has 2 N–H and O–H groups in total. The zero-order valence-corrected chi connectivity index (χ0v) is 10.7. The van der Waals surface area contributed by atoms with Gasteiger partial charge in [0, 0.05) is 0 Å². The molecule has 3 rings (SSSR count). The largest absolute Gasteiger partial charge is 0.266 e. The zero-order valence-electron chi connectivity index (χ0n) is 10.7. The molecule has 1 heterocycles. The van der Waals surface area contributed by atoms with Crippen LogP contribution in [-0.4, -0.2) is 16.1 Å². The van der Waals surface area contributed by atoms with E-state index >= 15 is 0 Å². The quantitative estimate of drug-likeness (QED) is 0.662. The van der Waals surface area contributed by atoms with E-state index in [0.717, 1.165) is 44.9 Å². The molecule has 2 aliphatic carbocycles. The van der Waals surface area contributed by atoms with Gasteiger partial charge in [0.1, 0.15) is 11.1 Å². The van der Waals surface area contributed by atoms with E-state index in [0.29, 0.717) is 11.8 Å². The van der Waals surface area contributed by atoms with E-state index in [2.05, 4.69) is 12.1 Å². The van der Waals surface area contributed by atoms with Crippen LogP contribution in [0.15, 0.2) is 0 Å². The Labute approximate surface area is 108 Å². The first-order valence-corrected chi connectivity index (χ1v) is 7.07. The van der Waals surface area contributed by atoms with Crippen molar-refractivity contribution in [2.24, 2.45) is 17.7 Å². The highest BCUT2D eigenvalue weighted by Gasteiger charge is 2.62. The maximum atomic E-state index is 9.70. The second-order valence-electron chi connectivity index (χ2n) is 6.21. The molecule has 96 valence electrons. The van der Waals surface area contributed by atoms with Gasteiger partial charge in [-0.25, -0.2) is 5.01 Å². The number of nitriles is 2. The molecule has 0 bridgehead atoms. The van der Waals surface area contributed by atoms with Crippen LogP contribution in [0.3, 0.4) is 0 Å². The number of hydrogen-bond acceptors (Lipinski definition) is 4. The first-order valence-electron chi connectivity index (χ1n) is 7.07. The molecule has 0 aromatic heterocycles. The van der Waals surface area contributed by atoms with Crippen LogP contribution in [-0.2, 0) is 0 Å². The Morgan fingerprint density at radius 1 is 0.944 bits per heavy atom. The Morgan fingerprint density at radius 3 is 2.11 bits per heavy atom. The Bertz CT molecular complexity index is 434. The minimum absolute atomic E-state index is 0.367. The van der Waals surface area contributed by atoms with Gasteiger partial charge in [0.25, 0.3) is 0 Å². The fraction of sp³-hybridized carbons (Fsp3) is 0.857. The van der Waals surface area contributed by atoms with Crippen molar-refractivity contribution >= 4 is 0 Å². The van der Waals surface area contributed by atoms with Crippen LogP contribution in [0.1, 0.15) is 51.4 Å². The average molecular weight is 244 g/mol. The summed E-state index contributed by atoms with van der Waals surface area (Å²) in [4.78, 5) is 0. The van der Waals surface area contributed by atoms with Crippen molar-refractivity contribution in [1.29, 1.82) is 10.5 Å². The maximum absolute atomic E-state index is 9.70. The predicted molar refractivity (Wildman–Crippen MR) is 66.6 cm³/mol. The lowest BCUT2D eigenvalue weighted by molar-refractivity contribution is -0.0864. The molecular weight excluding hydrogens is 224 g/mol. The summed E-state index contributed by atoms with van der Waals surface area (Å²) in [6, 6.07) is 4.96. The van der Waals surface area contributed by atoms with E-state index in [-0.39, 0.29) is 0 Å². The Kier molecular flexibility index (Phi) is 2.62. The monoisotopic (exact) mass is 244 g/mol. The number of piperidine rings is 1. The molecule has 1 aliphatic heterocycles. The van der Waals surface area contributed by atoms with E-state index in [9.17, 15) is 10.5 Å². The molecule has 1 saturated heterocycles. The highest BCUT2D eigenvalue weighted by Crippen LogP contribution is 2.55. The third-order valence-electron chi connectivity index (χ3n) is 5.64. The van der Waals surface area contributed by atoms with Gasteiger partial charge in [-0.1, -0.05) is 19.3 Å². The van der Waals surface area contributed by atoms with Gasteiger partial charge < -0.3 is 0 Å². The van der Waals surface area contributed by atoms with Gasteiger partial charge in [0.05, 0.1) is 12.1 Å². The Hall–Kier alpha value is -1.10. The minimum atomic E-state index is -0.575. The van der Waals surface area contributed by atoms with Gasteiger partial charge in [-0.05, 0) is 43.9 Å². The first kappa shape index (κ1) is 12.0. The molecule has 4 nitrogen and oxygen atoms in total. The summed E-state index contributed by atoms with van der Waals surface area (Å²) in [5.41, 5.74) is -1.14. The van der Waals surface area contributed by atoms with Crippen molar-refractivity contribution in [2.45, 2.75) is 62.4 Å². The molecule has 4 heteroatoms. The number of nitrogens with zero attached hydrogens (tertiary/aromatic N) is 3. The number of hydrogen-bond donors (Lipinski definition) is 1. The number of nitrogens with two attached hydrogens (primary N) is 1. The molecule has 4 atom stereocenters. The lowest BCUT2D eigenvalue weighted by Crippen LogP contribution is -2.71. The molecule has 0 aromatic carbocycles. The molecule has 2 saturated carbocycles. The molecule has 0 unspecified atom stereocenters. The molecule has 0 radical (unpaired) electrons. The summed E-state index contributed by atoms with van der Waals surface area (Å²) >= 11 is 0. The zero-order chi connectivity index (χ0) is 12.8. The fourth-order valence-corrected chi connectivity index (χ4v) is 4.65. The van der Waals surface area contributed by atoms with Crippen molar-refractivity contribution in [1.82, 2.24) is 5.01 Å². The van der Waals surface area contributed by atoms with Crippen LogP contribution in [0.5, 0.6) is 0 Å². The average Bonchev–Trinajstić information content (AvgIpc) is 2.83. The predicted octanol–water partition coefficient (Wildman–Crippen LogP) is 2.08. The number of fused-ring (bicyclic) bond motifs is 2. The van der Waals surface area contributed by atoms with Gasteiger partial charge in [-0.2, -0.15) is 10.5 Å². The van der Waals surface area contributed by atoms with Gasteiger partial charge in [0.15, 0.2) is 0 Å². The Balaban J connectivity index is 2.05. The highest BCUT2D eigenvalue weighted by molar-refractivity contribution is 5.26. The topological polar surface area (TPSA) is 76.8 Å². The van der Waals surface area contributed by atoms with E-state index < -0.39 is 11.1 Å². The SMILES string of the molecule is N#C[C@@]12CCCC[C@@H]1C[C@H]1CCC[C@@]1(C#N)N2N. The van der Waals surface area contributed by atoms with Gasteiger partial charge >= 0.3 is 0 Å². The van der Waals surface area contributed by atoms with Crippen molar-refractivity contribution in [3.05, 3.63) is 0 Å². The number of rotatable bonds is 0. The van der Waals surface area contributed by atoms with Crippen molar-refractivity contribution in [2.75, 3.05) is 0 Å². The van der Waals surface area contributed by atoms with E-state index in [1.165, 1.54) is 6.42 Å². The molecular formula is C14H20N4. The van der Waals surface area contributed by atoms with Crippen molar-refractivity contribution in [3.8, 4) is 12.1 Å². The molecule has 3 aliphatic rings. The number of hydrazine groups is 1. The first-order chi connectivity index (χ1) is 8.69. The van der Waals surface area contributed by atoms with Crippen LogP contribution in [0.2, 0.25) is 0 Å². The van der Waals surface area contributed by atoms with E-state index in [1.54, 1.807) is 5.01 Å². The second kappa shape index (κ2) is 3.95. The molecule has 18 heavy (non-hydrogen) atoms. The normalized spacial score (nSPS) is 47.7. The standard InChI is InChI=1S/C14H20N4/c15-9-13-6-2-1-4-11(13)8-12-5-3-7-14(12,10-16)18(13)17/h11-12H,1-8,17H2/t11-,12-,13+,14+/m1/s1. The van der Waals surface area contributed by atoms with Crippen LogP contribution in [0.25, 0.3) is 0 Å².